The van der Waals surface area contributed by atoms with Crippen molar-refractivity contribution >= 4 is 23.3 Å². The average molecular weight is 488 g/mol. The Labute approximate surface area is 209 Å². The lowest BCUT2D eigenvalue weighted by Gasteiger charge is -2.17. The first kappa shape index (κ1) is 23.0. The van der Waals surface area contributed by atoms with E-state index in [-0.39, 0.29) is 11.9 Å². The number of hydrogen-bond acceptors (Lipinski definition) is 4. The van der Waals surface area contributed by atoms with Crippen molar-refractivity contribution in [2.75, 3.05) is 5.32 Å². The number of anilines is 1. The van der Waals surface area contributed by atoms with Gasteiger partial charge in [-0.3, -0.25) is 0 Å². The van der Waals surface area contributed by atoms with Crippen LogP contribution in [0.15, 0.2) is 72.9 Å². The van der Waals surface area contributed by atoms with Gasteiger partial charge in [-0.1, -0.05) is 67.9 Å². The molecule has 178 valence electrons. The van der Waals surface area contributed by atoms with Crippen molar-refractivity contribution in [2.24, 2.45) is 0 Å². The molecule has 0 spiro atoms. The van der Waals surface area contributed by atoms with Gasteiger partial charge in [-0.15, -0.1) is 0 Å². The minimum absolute atomic E-state index is 0.184. The van der Waals surface area contributed by atoms with Crippen molar-refractivity contribution in [3.63, 3.8) is 0 Å². The van der Waals surface area contributed by atoms with Gasteiger partial charge in [-0.25, -0.2) is 4.79 Å². The summed E-state index contributed by atoms with van der Waals surface area (Å²) in [6.45, 7) is 7.88. The van der Waals surface area contributed by atoms with Gasteiger partial charge in [0.2, 0.25) is 5.79 Å². The Morgan fingerprint density at radius 1 is 1.00 bits per heavy atom. The molecule has 1 N–H and O–H groups in total. The van der Waals surface area contributed by atoms with E-state index in [0.29, 0.717) is 22.2 Å². The fraction of sp³-hybridized carbons (Fsp3) is 0.214. The summed E-state index contributed by atoms with van der Waals surface area (Å²) in [7, 11) is 0. The van der Waals surface area contributed by atoms with Crippen molar-refractivity contribution in [2.45, 2.75) is 39.4 Å². The summed E-state index contributed by atoms with van der Waals surface area (Å²) >= 11 is 6.09. The lowest BCUT2D eigenvalue weighted by atomic mass is 10.0. The van der Waals surface area contributed by atoms with Crippen molar-refractivity contribution < 1.29 is 14.3 Å². The van der Waals surface area contributed by atoms with E-state index in [2.05, 4.69) is 24.3 Å². The van der Waals surface area contributed by atoms with Gasteiger partial charge < -0.3 is 14.8 Å². The number of halogens is 1. The van der Waals surface area contributed by atoms with E-state index in [0.717, 1.165) is 28.0 Å². The Bertz CT molecular complexity index is 1390. The van der Waals surface area contributed by atoms with E-state index in [4.69, 9.17) is 21.1 Å². The van der Waals surface area contributed by atoms with Crippen LogP contribution in [0.5, 0.6) is 11.5 Å². The van der Waals surface area contributed by atoms with Crippen LogP contribution < -0.4 is 14.8 Å². The zero-order chi connectivity index (χ0) is 24.7. The molecule has 1 amide bonds. The van der Waals surface area contributed by atoms with Gasteiger partial charge in [-0.2, -0.15) is 9.78 Å². The zero-order valence-electron chi connectivity index (χ0n) is 20.0. The number of aromatic nitrogens is 2. The van der Waals surface area contributed by atoms with Gasteiger partial charge >= 0.3 is 6.03 Å². The molecule has 2 heterocycles. The molecule has 7 heteroatoms. The molecule has 5 rings (SSSR count). The summed E-state index contributed by atoms with van der Waals surface area (Å²) in [4.78, 5) is 13.3. The maximum absolute atomic E-state index is 13.3. The molecule has 1 aliphatic heterocycles. The Kier molecular flexibility index (Phi) is 5.77. The molecule has 0 radical (unpaired) electrons. The third-order valence-electron chi connectivity index (χ3n) is 5.79. The number of benzene rings is 3. The van der Waals surface area contributed by atoms with Crippen LogP contribution in [-0.4, -0.2) is 21.6 Å². The molecule has 0 saturated heterocycles. The fourth-order valence-electron chi connectivity index (χ4n) is 4.15. The maximum atomic E-state index is 13.3. The number of carbonyl (C=O) groups is 1. The number of ether oxygens (including phenoxy) is 2. The maximum Gasteiger partial charge on any atom is 0.346 e. The van der Waals surface area contributed by atoms with Crippen molar-refractivity contribution in [1.82, 2.24) is 9.78 Å². The molecule has 0 atom stereocenters. The van der Waals surface area contributed by atoms with Gasteiger partial charge in [0.25, 0.3) is 0 Å². The van der Waals surface area contributed by atoms with Crippen LogP contribution >= 0.6 is 11.6 Å². The van der Waals surface area contributed by atoms with Crippen LogP contribution in [0.25, 0.3) is 22.4 Å². The second kappa shape index (κ2) is 8.78. The van der Waals surface area contributed by atoms with E-state index in [1.165, 1.54) is 4.68 Å². The highest BCUT2D eigenvalue weighted by Gasteiger charge is 2.34. The Balaban J connectivity index is 1.51. The van der Waals surface area contributed by atoms with E-state index < -0.39 is 5.79 Å². The molecule has 6 nitrogen and oxygen atoms in total. The van der Waals surface area contributed by atoms with Gasteiger partial charge in [0, 0.05) is 53.5 Å². The summed E-state index contributed by atoms with van der Waals surface area (Å²) < 4.78 is 13.3. The third-order valence-corrected chi connectivity index (χ3v) is 6.04. The number of nitrogens with zero attached hydrogens (tertiary/aromatic N) is 2. The quantitative estimate of drug-likeness (QED) is 0.322. The van der Waals surface area contributed by atoms with Crippen LogP contribution in [0.2, 0.25) is 5.02 Å². The van der Waals surface area contributed by atoms with Crippen LogP contribution in [-0.2, 0) is 0 Å². The molecular weight excluding hydrogens is 462 g/mol. The van der Waals surface area contributed by atoms with Crippen LogP contribution in [0.3, 0.4) is 0 Å². The highest BCUT2D eigenvalue weighted by molar-refractivity contribution is 6.30. The molecule has 4 aromatic rings. The molecule has 1 aliphatic rings. The van der Waals surface area contributed by atoms with Crippen LogP contribution in [0.4, 0.5) is 10.5 Å². The number of fused-ring (bicyclic) bond motifs is 1. The first-order valence-electron chi connectivity index (χ1n) is 11.5. The van der Waals surface area contributed by atoms with Crippen molar-refractivity contribution in [1.29, 1.82) is 0 Å². The molecule has 3 aromatic carbocycles. The van der Waals surface area contributed by atoms with E-state index >= 15 is 0 Å². The minimum Gasteiger partial charge on any atom is -0.449 e. The Morgan fingerprint density at radius 3 is 2.40 bits per heavy atom. The van der Waals surface area contributed by atoms with E-state index in [1.54, 1.807) is 12.3 Å². The number of nitrogens with one attached hydrogen (secondary N) is 1. The molecule has 1 aromatic heterocycles. The number of amides is 1. The predicted octanol–water partition coefficient (Wildman–Crippen LogP) is 7.58. The summed E-state index contributed by atoms with van der Waals surface area (Å²) in [6, 6.07) is 20.6. The van der Waals surface area contributed by atoms with E-state index in [9.17, 15) is 4.79 Å². The molecule has 0 bridgehead atoms. The lowest BCUT2D eigenvalue weighted by Crippen LogP contribution is -2.29. The second-order valence-electron chi connectivity index (χ2n) is 9.29. The molecule has 0 saturated carbocycles. The number of carbonyl (C=O) groups excluding carboxylic acids is 1. The van der Waals surface area contributed by atoms with Gasteiger partial charge in [0.1, 0.15) is 5.69 Å². The number of hydrogen-bond donors (Lipinski definition) is 1. The molecule has 0 aliphatic carbocycles. The highest BCUT2D eigenvalue weighted by Crippen LogP contribution is 2.46. The first-order chi connectivity index (χ1) is 16.7. The molecule has 0 unspecified atom stereocenters. The normalized spacial score (nSPS) is 13.8. The molecular formula is C28H26ClN3O3. The smallest absolute Gasteiger partial charge is 0.346 e. The summed E-state index contributed by atoms with van der Waals surface area (Å²) in [5, 5.41) is 8.25. The summed E-state index contributed by atoms with van der Waals surface area (Å²) in [5.74, 6) is 0.764. The van der Waals surface area contributed by atoms with Crippen molar-refractivity contribution in [3.05, 3.63) is 83.5 Å². The SMILES string of the molecule is CC(C)c1cc(NC(=O)n2cc(-c3ccccc3)c(-c3ccc(Cl)cc3)n2)cc2c1OC(C)(C)O2. The highest BCUT2D eigenvalue weighted by atomic mass is 35.5. The monoisotopic (exact) mass is 487 g/mol. The standard InChI is InChI=1S/C28H26ClN3O3/c1-17(2)22-14-21(15-24-26(22)35-28(3,4)34-24)30-27(33)32-16-23(18-8-6-5-7-9-18)25(31-32)19-10-12-20(29)13-11-19/h5-17H,1-4H3,(H,30,33). The van der Waals surface area contributed by atoms with Crippen molar-refractivity contribution in [3.8, 4) is 33.9 Å². The van der Waals surface area contributed by atoms with E-state index in [1.807, 2.05) is 74.5 Å². The average Bonchev–Trinajstić information content (AvgIpc) is 3.40. The van der Waals surface area contributed by atoms with Gasteiger partial charge in [0.15, 0.2) is 11.5 Å². The summed E-state index contributed by atoms with van der Waals surface area (Å²) in [6.07, 6.45) is 1.74. The first-order valence-corrected chi connectivity index (χ1v) is 11.9. The summed E-state index contributed by atoms with van der Waals surface area (Å²) in [5.41, 5.74) is 4.95. The zero-order valence-corrected chi connectivity index (χ0v) is 20.8. The Morgan fingerprint density at radius 2 is 1.71 bits per heavy atom. The minimum atomic E-state index is -0.755. The lowest BCUT2D eigenvalue weighted by molar-refractivity contribution is -0.0435. The number of rotatable bonds is 4. The topological polar surface area (TPSA) is 65.4 Å². The molecule has 35 heavy (non-hydrogen) atoms. The fourth-order valence-corrected chi connectivity index (χ4v) is 4.28. The second-order valence-corrected chi connectivity index (χ2v) is 9.73. The largest absolute Gasteiger partial charge is 0.449 e. The van der Waals surface area contributed by atoms with Crippen LogP contribution in [0.1, 0.15) is 39.2 Å². The Hall–Kier alpha value is -3.77. The van der Waals surface area contributed by atoms with Gasteiger partial charge in [-0.05, 0) is 29.7 Å². The van der Waals surface area contributed by atoms with Gasteiger partial charge in [0.05, 0.1) is 0 Å². The van der Waals surface area contributed by atoms with Crippen LogP contribution in [0, 0.1) is 0 Å². The third kappa shape index (κ3) is 4.62. The predicted molar refractivity (Wildman–Crippen MR) is 138 cm³/mol. The molecule has 0 fully saturated rings.